The number of H-pyrrole nitrogens is 1. The highest BCUT2D eigenvalue weighted by Crippen LogP contribution is 2.46. The number of rotatable bonds is 10. The highest BCUT2D eigenvalue weighted by molar-refractivity contribution is 6.12. The number of fused-ring (bicyclic) bond motifs is 3. The molecule has 16 heteroatoms. The Labute approximate surface area is 358 Å². The molecule has 1 aliphatic carbocycles. The van der Waals surface area contributed by atoms with Crippen LogP contribution in [0.4, 0.5) is 26.2 Å². The summed E-state index contributed by atoms with van der Waals surface area (Å²) >= 11 is 0. The van der Waals surface area contributed by atoms with Gasteiger partial charge in [-0.25, -0.2) is 19.2 Å². The van der Waals surface area contributed by atoms with Crippen LogP contribution in [0.5, 0.6) is 0 Å². The molecular formula is C46H50FN11O4. The van der Waals surface area contributed by atoms with Crippen LogP contribution in [0.1, 0.15) is 79.6 Å². The number of nitrogens with one attached hydrogen (secondary N) is 3. The van der Waals surface area contributed by atoms with Crippen molar-refractivity contribution in [2.75, 3.05) is 67.1 Å². The third-order valence-electron chi connectivity index (χ3n) is 13.5. The maximum absolute atomic E-state index is 16.3. The molecule has 10 rings (SSSR count). The van der Waals surface area contributed by atoms with Crippen molar-refractivity contribution < 1.29 is 23.3 Å². The highest BCUT2D eigenvalue weighted by Gasteiger charge is 2.44. The molecule has 4 amide bonds. The lowest BCUT2D eigenvalue weighted by Gasteiger charge is -2.40. The number of aromatic nitrogens is 5. The van der Waals surface area contributed by atoms with Crippen LogP contribution in [-0.4, -0.2) is 100 Å². The van der Waals surface area contributed by atoms with E-state index < -0.39 is 17.8 Å². The Morgan fingerprint density at radius 3 is 2.40 bits per heavy atom. The largest absolute Gasteiger partial charge is 0.372 e. The summed E-state index contributed by atoms with van der Waals surface area (Å²) in [5.74, 6) is -0.0399. The van der Waals surface area contributed by atoms with E-state index in [-0.39, 0.29) is 23.2 Å². The second-order valence-corrected chi connectivity index (χ2v) is 17.6. The first-order chi connectivity index (χ1) is 30.0. The zero-order valence-electron chi connectivity index (χ0n) is 35.2. The molecule has 3 aliphatic heterocycles. The van der Waals surface area contributed by atoms with E-state index in [1.165, 1.54) is 6.33 Å². The Kier molecular flexibility index (Phi) is 10.1. The molecule has 1 saturated carbocycles. The molecule has 4 fully saturated rings. The van der Waals surface area contributed by atoms with Crippen molar-refractivity contribution in [2.24, 2.45) is 5.92 Å². The zero-order chi connectivity index (χ0) is 42.7. The number of hydrogen-bond donors (Lipinski definition) is 3. The fourth-order valence-electron chi connectivity index (χ4n) is 9.36. The first-order valence-electron chi connectivity index (χ1n) is 21.7. The summed E-state index contributed by atoms with van der Waals surface area (Å²) in [5.41, 5.74) is 6.45. The normalized spacial score (nSPS) is 19.0. The van der Waals surface area contributed by atoms with Crippen molar-refractivity contribution in [2.45, 2.75) is 64.3 Å². The van der Waals surface area contributed by atoms with Crippen molar-refractivity contribution in [3.8, 4) is 11.3 Å². The van der Waals surface area contributed by atoms with E-state index in [1.807, 2.05) is 25.1 Å². The molecule has 4 aliphatic rings. The summed E-state index contributed by atoms with van der Waals surface area (Å²) in [6.07, 6.45) is 5.97. The van der Waals surface area contributed by atoms with E-state index in [0.717, 1.165) is 105 Å². The van der Waals surface area contributed by atoms with E-state index in [2.05, 4.69) is 80.8 Å². The molecule has 3 aromatic carbocycles. The van der Waals surface area contributed by atoms with Crippen LogP contribution in [-0.2, 0) is 10.2 Å². The molecule has 6 aromatic rings. The fourth-order valence-corrected chi connectivity index (χ4v) is 9.36. The van der Waals surface area contributed by atoms with Gasteiger partial charge < -0.3 is 24.6 Å². The molecule has 320 valence electrons. The quantitative estimate of drug-likeness (QED) is 0.135. The number of benzene rings is 3. The van der Waals surface area contributed by atoms with Gasteiger partial charge in [-0.15, -0.1) is 0 Å². The lowest BCUT2D eigenvalue weighted by atomic mass is 9.95. The van der Waals surface area contributed by atoms with E-state index in [1.54, 1.807) is 24.8 Å². The molecule has 62 heavy (non-hydrogen) atoms. The molecule has 0 bridgehead atoms. The Balaban J connectivity index is 0.757. The van der Waals surface area contributed by atoms with E-state index in [9.17, 15) is 14.4 Å². The van der Waals surface area contributed by atoms with Gasteiger partial charge >= 0.3 is 17.8 Å². The summed E-state index contributed by atoms with van der Waals surface area (Å²) in [7, 11) is 0. The van der Waals surface area contributed by atoms with Gasteiger partial charge in [0.1, 0.15) is 17.8 Å². The molecule has 15 nitrogen and oxygen atoms in total. The van der Waals surface area contributed by atoms with Crippen molar-refractivity contribution >= 4 is 56.8 Å². The van der Waals surface area contributed by atoms with Crippen LogP contribution in [0.25, 0.3) is 33.2 Å². The first kappa shape index (κ1) is 39.7. The smallest absolute Gasteiger partial charge is 0.328 e. The molecule has 3 aromatic heterocycles. The SMILES string of the molecule is Cc1c(C(C)NC(=O)c2nc(C3(C)CC3)no2)ccc(-c2ncnc3[nH]c4cc(N5CCN(CC6CCN(c7ccc(N8CCC(=O)NC8=O)cc7)CC6)CC5)ccc4c23)c1F. The number of carbonyl (C=O) groups excluding carboxylic acids is 3. The molecule has 1 atom stereocenters. The number of urea groups is 1. The van der Waals surface area contributed by atoms with Gasteiger partial charge in [-0.3, -0.25) is 24.7 Å². The van der Waals surface area contributed by atoms with Crippen molar-refractivity contribution in [1.29, 1.82) is 0 Å². The van der Waals surface area contributed by atoms with E-state index in [0.29, 0.717) is 52.7 Å². The van der Waals surface area contributed by atoms with Gasteiger partial charge in [0.05, 0.1) is 17.1 Å². The Morgan fingerprint density at radius 2 is 1.66 bits per heavy atom. The second-order valence-electron chi connectivity index (χ2n) is 17.6. The molecule has 0 spiro atoms. The topological polar surface area (TPSA) is 169 Å². The predicted molar refractivity (Wildman–Crippen MR) is 234 cm³/mol. The van der Waals surface area contributed by atoms with Gasteiger partial charge in [-0.1, -0.05) is 24.2 Å². The maximum Gasteiger partial charge on any atom is 0.328 e. The van der Waals surface area contributed by atoms with E-state index in [4.69, 9.17) is 4.52 Å². The number of imide groups is 1. The Hall–Kier alpha value is -6.42. The predicted octanol–water partition coefficient (Wildman–Crippen LogP) is 6.64. The molecule has 3 N–H and O–H groups in total. The van der Waals surface area contributed by atoms with Gasteiger partial charge in [-0.05, 0) is 99.0 Å². The number of aromatic amines is 1. The van der Waals surface area contributed by atoms with Crippen LogP contribution in [0.15, 0.2) is 65.4 Å². The maximum atomic E-state index is 16.3. The summed E-state index contributed by atoms with van der Waals surface area (Å²) in [4.78, 5) is 62.8. The van der Waals surface area contributed by atoms with Gasteiger partial charge in [0.2, 0.25) is 5.91 Å². The third kappa shape index (κ3) is 7.50. The van der Waals surface area contributed by atoms with Crippen LogP contribution < -0.4 is 25.3 Å². The van der Waals surface area contributed by atoms with Gasteiger partial charge in [0, 0.05) is 97.7 Å². The lowest BCUT2D eigenvalue weighted by molar-refractivity contribution is -0.120. The third-order valence-corrected chi connectivity index (χ3v) is 13.5. The monoisotopic (exact) mass is 839 g/mol. The van der Waals surface area contributed by atoms with E-state index >= 15 is 4.39 Å². The van der Waals surface area contributed by atoms with Crippen LogP contribution in [0.3, 0.4) is 0 Å². The van der Waals surface area contributed by atoms with Crippen molar-refractivity contribution in [1.82, 2.24) is 40.6 Å². The number of amides is 4. The minimum absolute atomic E-state index is 0.0961. The zero-order valence-corrected chi connectivity index (χ0v) is 35.2. The summed E-state index contributed by atoms with van der Waals surface area (Å²) in [6, 6.07) is 17.2. The molecule has 6 heterocycles. The van der Waals surface area contributed by atoms with Crippen molar-refractivity contribution in [3.05, 3.63) is 89.6 Å². The fraction of sp³-hybridized carbons (Fsp3) is 0.413. The highest BCUT2D eigenvalue weighted by atomic mass is 19.1. The summed E-state index contributed by atoms with van der Waals surface area (Å²) in [5, 5.41) is 11.0. The average Bonchev–Trinajstić information content (AvgIpc) is 3.64. The first-order valence-corrected chi connectivity index (χ1v) is 21.7. The minimum Gasteiger partial charge on any atom is -0.372 e. The molecule has 3 saturated heterocycles. The molecule has 1 unspecified atom stereocenters. The summed E-state index contributed by atoms with van der Waals surface area (Å²) < 4.78 is 21.6. The number of carbonyl (C=O) groups is 3. The van der Waals surface area contributed by atoms with Crippen LogP contribution in [0, 0.1) is 18.7 Å². The molecule has 0 radical (unpaired) electrons. The lowest BCUT2D eigenvalue weighted by Crippen LogP contribution is -2.49. The number of hydrogen-bond acceptors (Lipinski definition) is 11. The number of anilines is 3. The number of halogens is 1. The number of piperidine rings is 1. The number of piperazine rings is 1. The van der Waals surface area contributed by atoms with Gasteiger partial charge in [0.15, 0.2) is 5.82 Å². The Morgan fingerprint density at radius 1 is 0.935 bits per heavy atom. The standard InChI is InChI=1S/C46H50FN11O4/c1-27-33(28(2)50-42(60)43-53-44(54-62-43)46(3)15-16-46)10-11-35(39(27)47)40-38-34-9-8-32(24-36(34)51-41(38)49-26-48-40)57-22-20-55(21-23-57)25-29-12-17-56(18-13-29)30-4-6-31(7-5-30)58-19-14-37(59)52-45(58)61/h4-11,24,26,28-29H,12-23,25H2,1-3H3,(H,50,60)(H,48,49,51)(H,52,59,61). The minimum atomic E-state index is -0.514. The van der Waals surface area contributed by atoms with Crippen molar-refractivity contribution in [3.63, 3.8) is 0 Å². The van der Waals surface area contributed by atoms with Gasteiger partial charge in [0.25, 0.3) is 0 Å². The molecular weight excluding hydrogens is 790 g/mol. The second kappa shape index (κ2) is 15.8. The Bertz CT molecular complexity index is 2690. The van der Waals surface area contributed by atoms with Crippen LogP contribution >= 0.6 is 0 Å². The van der Waals surface area contributed by atoms with Crippen LogP contribution in [0.2, 0.25) is 0 Å². The van der Waals surface area contributed by atoms with Gasteiger partial charge in [-0.2, -0.15) is 4.98 Å². The number of nitrogens with zero attached hydrogens (tertiary/aromatic N) is 8. The average molecular weight is 840 g/mol. The summed E-state index contributed by atoms with van der Waals surface area (Å²) in [6.45, 7) is 12.9.